The fourth-order valence-electron chi connectivity index (χ4n) is 2.65. The Morgan fingerprint density at radius 1 is 0.720 bits per heavy atom. The minimum absolute atomic E-state index is 0. The van der Waals surface area contributed by atoms with Gasteiger partial charge in [0.1, 0.15) is 0 Å². The smallest absolute Gasteiger partial charge is 0.545 e. The van der Waals surface area contributed by atoms with E-state index in [-0.39, 0.29) is 29.6 Å². The van der Waals surface area contributed by atoms with Crippen LogP contribution in [0.25, 0.3) is 0 Å². The molecular weight excluding hydrogens is 327 g/mol. The summed E-state index contributed by atoms with van der Waals surface area (Å²) in [6.07, 6.45) is 19.5. The van der Waals surface area contributed by atoms with Crippen molar-refractivity contribution in [1.29, 1.82) is 0 Å². The number of carboxylic acid groups (broad SMARTS) is 1. The molecule has 0 bridgehead atoms. The van der Waals surface area contributed by atoms with Gasteiger partial charge in [0.15, 0.2) is 0 Å². The Bertz CT molecular complexity index is 343. The van der Waals surface area contributed by atoms with Crippen LogP contribution in [-0.4, -0.2) is 18.5 Å². The SMILES string of the molecule is CCCCCCCCCCCCCCCCOC(=O)/C=C/C(=O)[O-].[Na+]. The van der Waals surface area contributed by atoms with Crippen LogP contribution in [0.3, 0.4) is 0 Å². The summed E-state index contributed by atoms with van der Waals surface area (Å²) in [5.41, 5.74) is 0. The average molecular weight is 362 g/mol. The van der Waals surface area contributed by atoms with Crippen molar-refractivity contribution in [2.45, 2.75) is 96.8 Å². The Morgan fingerprint density at radius 2 is 1.12 bits per heavy atom. The van der Waals surface area contributed by atoms with Crippen LogP contribution < -0.4 is 34.7 Å². The molecule has 140 valence electrons. The molecule has 0 rings (SSSR count). The first-order valence-electron chi connectivity index (χ1n) is 9.72. The summed E-state index contributed by atoms with van der Waals surface area (Å²) >= 11 is 0. The van der Waals surface area contributed by atoms with Crippen LogP contribution in [0.4, 0.5) is 0 Å². The van der Waals surface area contributed by atoms with E-state index in [1.807, 2.05) is 0 Å². The third kappa shape index (κ3) is 23.7. The zero-order valence-electron chi connectivity index (χ0n) is 16.4. The van der Waals surface area contributed by atoms with Crippen LogP contribution in [0.5, 0.6) is 0 Å². The molecule has 0 aliphatic heterocycles. The maximum Gasteiger partial charge on any atom is 1.00 e. The normalized spacial score (nSPS) is 10.6. The van der Waals surface area contributed by atoms with Gasteiger partial charge in [0.2, 0.25) is 0 Å². The van der Waals surface area contributed by atoms with Crippen LogP contribution in [0.2, 0.25) is 0 Å². The average Bonchev–Trinajstić information content (AvgIpc) is 2.56. The summed E-state index contributed by atoms with van der Waals surface area (Å²) in [4.78, 5) is 21.2. The Balaban J connectivity index is 0. The molecule has 0 radical (unpaired) electrons. The number of aliphatic carboxylic acids is 1. The van der Waals surface area contributed by atoms with Crippen molar-refractivity contribution in [3.63, 3.8) is 0 Å². The molecule has 0 fully saturated rings. The Hall–Kier alpha value is -0.320. The van der Waals surface area contributed by atoms with Crippen LogP contribution in [0.15, 0.2) is 12.2 Å². The van der Waals surface area contributed by atoms with Crippen molar-refractivity contribution in [3.05, 3.63) is 12.2 Å². The Labute approximate surface area is 176 Å². The van der Waals surface area contributed by atoms with E-state index in [1.54, 1.807) is 0 Å². The Kier molecular flexibility index (Phi) is 23.4. The molecule has 0 saturated heterocycles. The molecule has 4 nitrogen and oxygen atoms in total. The topological polar surface area (TPSA) is 66.4 Å². The molecule has 0 saturated carbocycles. The van der Waals surface area contributed by atoms with Crippen molar-refractivity contribution in [1.82, 2.24) is 0 Å². The fourth-order valence-corrected chi connectivity index (χ4v) is 2.65. The second-order valence-electron chi connectivity index (χ2n) is 6.42. The maximum absolute atomic E-state index is 11.1. The molecule has 0 heterocycles. The molecule has 0 aliphatic rings. The van der Waals surface area contributed by atoms with E-state index in [0.717, 1.165) is 18.9 Å². The zero-order chi connectivity index (χ0) is 17.9. The van der Waals surface area contributed by atoms with Crippen molar-refractivity contribution in [2.75, 3.05) is 6.61 Å². The van der Waals surface area contributed by atoms with E-state index < -0.39 is 11.9 Å². The molecule has 0 aromatic carbocycles. The first-order valence-corrected chi connectivity index (χ1v) is 9.72. The molecule has 5 heteroatoms. The molecule has 0 N–H and O–H groups in total. The number of rotatable bonds is 17. The molecule has 0 aliphatic carbocycles. The van der Waals surface area contributed by atoms with Gasteiger partial charge in [0.05, 0.1) is 12.6 Å². The van der Waals surface area contributed by atoms with Gasteiger partial charge in [-0.25, -0.2) is 4.79 Å². The second kappa shape index (κ2) is 21.7. The number of ether oxygens (including phenoxy) is 1. The summed E-state index contributed by atoms with van der Waals surface area (Å²) in [6, 6.07) is 0. The van der Waals surface area contributed by atoms with Gasteiger partial charge in [0, 0.05) is 6.08 Å². The monoisotopic (exact) mass is 362 g/mol. The largest absolute Gasteiger partial charge is 1.00 e. The number of esters is 1. The van der Waals surface area contributed by atoms with Gasteiger partial charge in [-0.3, -0.25) is 0 Å². The molecule has 0 spiro atoms. The van der Waals surface area contributed by atoms with E-state index >= 15 is 0 Å². The molecule has 0 unspecified atom stereocenters. The molecule has 0 atom stereocenters. The zero-order valence-corrected chi connectivity index (χ0v) is 18.4. The second-order valence-corrected chi connectivity index (χ2v) is 6.42. The third-order valence-electron chi connectivity index (χ3n) is 4.10. The van der Waals surface area contributed by atoms with Crippen LogP contribution >= 0.6 is 0 Å². The standard InChI is InChI=1S/C20H36O4.Na/c1-2-3-4-5-6-7-8-9-10-11-12-13-14-15-18-24-20(23)17-16-19(21)22;/h16-17H,2-15,18H2,1H3,(H,21,22);/q;+1/p-1/b17-16+;. The molecular formula is C20H35NaO4. The van der Waals surface area contributed by atoms with Crippen LogP contribution in [0, 0.1) is 0 Å². The summed E-state index contributed by atoms with van der Waals surface area (Å²) in [5, 5.41) is 10.1. The summed E-state index contributed by atoms with van der Waals surface area (Å²) in [7, 11) is 0. The minimum Gasteiger partial charge on any atom is -0.545 e. The van der Waals surface area contributed by atoms with E-state index in [4.69, 9.17) is 4.74 Å². The van der Waals surface area contributed by atoms with Crippen molar-refractivity contribution < 1.29 is 49.0 Å². The van der Waals surface area contributed by atoms with E-state index in [2.05, 4.69) is 6.92 Å². The van der Waals surface area contributed by atoms with Crippen molar-refractivity contribution in [3.8, 4) is 0 Å². The van der Waals surface area contributed by atoms with E-state index in [9.17, 15) is 14.7 Å². The number of unbranched alkanes of at least 4 members (excludes halogenated alkanes) is 13. The molecule has 0 aromatic rings. The fraction of sp³-hybridized carbons (Fsp3) is 0.800. The predicted molar refractivity (Wildman–Crippen MR) is 95.4 cm³/mol. The number of hydrogen-bond donors (Lipinski definition) is 0. The van der Waals surface area contributed by atoms with Crippen molar-refractivity contribution in [2.24, 2.45) is 0 Å². The molecule has 0 amide bonds. The van der Waals surface area contributed by atoms with Gasteiger partial charge >= 0.3 is 35.5 Å². The minimum atomic E-state index is -1.39. The van der Waals surface area contributed by atoms with E-state index in [1.165, 1.54) is 77.0 Å². The quantitative estimate of drug-likeness (QED) is 0.169. The van der Waals surface area contributed by atoms with Crippen LogP contribution in [-0.2, 0) is 14.3 Å². The van der Waals surface area contributed by atoms with Crippen molar-refractivity contribution >= 4 is 11.9 Å². The Morgan fingerprint density at radius 3 is 1.52 bits per heavy atom. The van der Waals surface area contributed by atoms with Gasteiger partial charge in [-0.05, 0) is 12.5 Å². The first-order chi connectivity index (χ1) is 11.7. The maximum atomic E-state index is 11.1. The summed E-state index contributed by atoms with van der Waals surface area (Å²) in [6.45, 7) is 2.61. The summed E-state index contributed by atoms with van der Waals surface area (Å²) < 4.78 is 4.88. The van der Waals surface area contributed by atoms with Crippen LogP contribution in [0.1, 0.15) is 96.8 Å². The number of carboxylic acids is 1. The molecule has 0 aromatic heterocycles. The van der Waals surface area contributed by atoms with Gasteiger partial charge in [-0.1, -0.05) is 90.4 Å². The first kappa shape index (κ1) is 26.9. The summed E-state index contributed by atoms with van der Waals surface area (Å²) in [5.74, 6) is -2.00. The van der Waals surface area contributed by atoms with Gasteiger partial charge < -0.3 is 14.6 Å². The van der Waals surface area contributed by atoms with E-state index in [0.29, 0.717) is 12.7 Å². The number of carbonyl (C=O) groups excluding carboxylic acids is 2. The number of hydrogen-bond acceptors (Lipinski definition) is 4. The number of carbonyl (C=O) groups is 2. The molecule has 25 heavy (non-hydrogen) atoms. The van der Waals surface area contributed by atoms with Gasteiger partial charge in [-0.2, -0.15) is 0 Å². The predicted octanol–water partition coefficient (Wildman–Crippen LogP) is 1.32. The van der Waals surface area contributed by atoms with Gasteiger partial charge in [-0.15, -0.1) is 0 Å². The third-order valence-corrected chi connectivity index (χ3v) is 4.10. The van der Waals surface area contributed by atoms with Gasteiger partial charge in [0.25, 0.3) is 0 Å².